The van der Waals surface area contributed by atoms with Gasteiger partial charge in [0.2, 0.25) is 0 Å². The van der Waals surface area contributed by atoms with E-state index in [1.807, 2.05) is 52.5 Å². The number of rotatable bonds is 7. The van der Waals surface area contributed by atoms with Crippen LogP contribution in [0.2, 0.25) is 0 Å². The van der Waals surface area contributed by atoms with Gasteiger partial charge in [0.05, 0.1) is 0 Å². The molecule has 1 unspecified atom stereocenters. The molecule has 0 aromatic heterocycles. The molecule has 0 fully saturated rings. The molecule has 1 rings (SSSR count). The van der Waals surface area contributed by atoms with Gasteiger partial charge in [0.1, 0.15) is 0 Å². The van der Waals surface area contributed by atoms with Crippen LogP contribution in [0.3, 0.4) is 0 Å². The van der Waals surface area contributed by atoms with Crippen molar-refractivity contribution in [3.05, 3.63) is 48.6 Å². The third-order valence-corrected chi connectivity index (χ3v) is 6.55. The summed E-state index contributed by atoms with van der Waals surface area (Å²) in [6.45, 7) is 8.14. The van der Waals surface area contributed by atoms with E-state index in [2.05, 4.69) is 37.6 Å². The molecule has 0 heterocycles. The number of benzene rings is 1. The molecule has 0 aliphatic heterocycles. The minimum Gasteiger partial charge on any atom is -0.271 e. The Balaban J connectivity index is 3.27. The van der Waals surface area contributed by atoms with E-state index < -0.39 is 7.59 Å². The van der Waals surface area contributed by atoms with Crippen molar-refractivity contribution in [2.45, 2.75) is 19.9 Å². The molecule has 1 N–H and O–H groups in total. The molecule has 1 atom stereocenters. The van der Waals surface area contributed by atoms with Crippen LogP contribution in [-0.4, -0.2) is 37.5 Å². The molecular weight excluding hydrogens is 281 g/mol. The van der Waals surface area contributed by atoms with Crippen LogP contribution < -0.4 is 5.09 Å². The minimum atomic E-state index is -2.83. The van der Waals surface area contributed by atoms with Crippen LogP contribution in [0.5, 0.6) is 0 Å². The maximum absolute atomic E-state index is 13.3. The maximum Gasteiger partial charge on any atom is 0.283 e. The zero-order valence-corrected chi connectivity index (χ0v) is 14.9. The Morgan fingerprint density at radius 1 is 1.14 bits per heavy atom. The van der Waals surface area contributed by atoms with Crippen LogP contribution >= 0.6 is 7.59 Å². The smallest absolute Gasteiger partial charge is 0.271 e. The number of nitrogens with one attached hydrogen (secondary N) is 1. The molecule has 0 radical (unpaired) electrons. The van der Waals surface area contributed by atoms with Crippen molar-refractivity contribution in [2.24, 2.45) is 5.41 Å². The Hall–Kier alpha value is -0.930. The predicted molar refractivity (Wildman–Crippen MR) is 91.3 cm³/mol. The van der Waals surface area contributed by atoms with Crippen molar-refractivity contribution >= 4 is 7.59 Å². The third-order valence-electron chi connectivity index (χ3n) is 3.78. The van der Waals surface area contributed by atoms with E-state index in [4.69, 9.17) is 0 Å². The molecule has 0 spiro atoms. The molecular formula is C16H28N3OP. The lowest BCUT2D eigenvalue weighted by Crippen LogP contribution is -2.38. The van der Waals surface area contributed by atoms with E-state index in [9.17, 15) is 4.57 Å². The molecule has 5 heteroatoms. The van der Waals surface area contributed by atoms with Gasteiger partial charge in [-0.15, -0.1) is 6.58 Å². The van der Waals surface area contributed by atoms with Gasteiger partial charge in [0, 0.05) is 11.5 Å². The molecule has 0 aliphatic rings. The van der Waals surface area contributed by atoms with Gasteiger partial charge < -0.3 is 0 Å². The summed E-state index contributed by atoms with van der Waals surface area (Å²) < 4.78 is 16.8. The second kappa shape index (κ2) is 6.89. The average molecular weight is 309 g/mol. The lowest BCUT2D eigenvalue weighted by atomic mass is 9.81. The van der Waals surface area contributed by atoms with Crippen LogP contribution in [0.25, 0.3) is 0 Å². The Kier molecular flexibility index (Phi) is 5.94. The van der Waals surface area contributed by atoms with Gasteiger partial charge in [-0.3, -0.25) is 4.57 Å². The predicted octanol–water partition coefficient (Wildman–Crippen LogP) is 3.76. The van der Waals surface area contributed by atoms with Crippen molar-refractivity contribution in [1.82, 2.24) is 14.4 Å². The van der Waals surface area contributed by atoms with Gasteiger partial charge >= 0.3 is 0 Å². The van der Waals surface area contributed by atoms with E-state index in [0.29, 0.717) is 0 Å². The van der Waals surface area contributed by atoms with Gasteiger partial charge in [-0.25, -0.2) is 14.4 Å². The first-order chi connectivity index (χ1) is 9.65. The summed E-state index contributed by atoms with van der Waals surface area (Å²) in [7, 11) is 4.49. The van der Waals surface area contributed by atoms with Crippen molar-refractivity contribution in [3.63, 3.8) is 0 Å². The van der Waals surface area contributed by atoms with Crippen LogP contribution in [0.15, 0.2) is 43.0 Å². The van der Waals surface area contributed by atoms with E-state index >= 15 is 0 Å². The minimum absolute atomic E-state index is 0.0909. The zero-order chi connectivity index (χ0) is 16.3. The van der Waals surface area contributed by atoms with Gasteiger partial charge in [-0.2, -0.15) is 0 Å². The normalized spacial score (nSPS) is 14.5. The summed E-state index contributed by atoms with van der Waals surface area (Å²) in [5, 5.41) is 3.37. The van der Waals surface area contributed by atoms with Crippen molar-refractivity contribution in [3.8, 4) is 0 Å². The molecule has 1 aromatic carbocycles. The summed E-state index contributed by atoms with van der Waals surface area (Å²) >= 11 is 0. The third kappa shape index (κ3) is 4.04. The number of hydrogen-bond acceptors (Lipinski definition) is 1. The molecule has 0 bridgehead atoms. The zero-order valence-electron chi connectivity index (χ0n) is 14.0. The first kappa shape index (κ1) is 18.1. The molecule has 118 valence electrons. The fourth-order valence-electron chi connectivity index (χ4n) is 2.19. The Morgan fingerprint density at radius 2 is 1.62 bits per heavy atom. The van der Waals surface area contributed by atoms with Gasteiger partial charge in [-0.1, -0.05) is 50.3 Å². The van der Waals surface area contributed by atoms with Crippen LogP contribution in [0.4, 0.5) is 0 Å². The molecule has 0 saturated carbocycles. The molecule has 1 aromatic rings. The Morgan fingerprint density at radius 3 is 2.00 bits per heavy atom. The highest BCUT2D eigenvalue weighted by Gasteiger charge is 2.37. The van der Waals surface area contributed by atoms with Gasteiger partial charge in [-0.05, 0) is 33.8 Å². The average Bonchev–Trinajstić information content (AvgIpc) is 2.44. The van der Waals surface area contributed by atoms with Crippen molar-refractivity contribution in [1.29, 1.82) is 0 Å². The lowest BCUT2D eigenvalue weighted by Gasteiger charge is -2.39. The SMILES string of the molecule is C=CC(C)(C)C(NP(=O)(N(C)C)N(C)C)c1ccccc1. The molecule has 0 amide bonds. The van der Waals surface area contributed by atoms with E-state index in [1.54, 1.807) is 9.34 Å². The number of nitrogens with zero attached hydrogens (tertiary/aromatic N) is 2. The van der Waals surface area contributed by atoms with Crippen LogP contribution in [0.1, 0.15) is 25.5 Å². The van der Waals surface area contributed by atoms with Crippen molar-refractivity contribution < 1.29 is 4.57 Å². The lowest BCUT2D eigenvalue weighted by molar-refractivity contribution is 0.330. The first-order valence-corrected chi connectivity index (χ1v) is 8.68. The summed E-state index contributed by atoms with van der Waals surface area (Å²) in [5.41, 5.74) is 0.870. The van der Waals surface area contributed by atoms with Crippen LogP contribution in [0, 0.1) is 5.41 Å². The first-order valence-electron chi connectivity index (χ1n) is 7.07. The molecule has 0 aliphatic carbocycles. The van der Waals surface area contributed by atoms with E-state index in [0.717, 1.165) is 5.56 Å². The maximum atomic E-state index is 13.3. The summed E-state index contributed by atoms with van der Waals surface area (Å²) in [5.74, 6) is 0. The van der Waals surface area contributed by atoms with Crippen molar-refractivity contribution in [2.75, 3.05) is 28.2 Å². The topological polar surface area (TPSA) is 35.6 Å². The second-order valence-corrected chi connectivity index (χ2v) is 9.18. The Labute approximate surface area is 129 Å². The highest BCUT2D eigenvalue weighted by Crippen LogP contribution is 2.50. The van der Waals surface area contributed by atoms with E-state index in [1.165, 1.54) is 0 Å². The van der Waals surface area contributed by atoms with Gasteiger partial charge in [0.25, 0.3) is 7.59 Å². The second-order valence-electron chi connectivity index (χ2n) is 6.24. The number of hydrogen-bond donors (Lipinski definition) is 1. The largest absolute Gasteiger partial charge is 0.283 e. The summed E-state index contributed by atoms with van der Waals surface area (Å²) in [6, 6.07) is 10.0. The molecule has 0 saturated heterocycles. The summed E-state index contributed by atoms with van der Waals surface area (Å²) in [4.78, 5) is 0. The highest BCUT2D eigenvalue weighted by atomic mass is 31.2. The van der Waals surface area contributed by atoms with E-state index in [-0.39, 0.29) is 11.5 Å². The van der Waals surface area contributed by atoms with Gasteiger partial charge in [0.15, 0.2) is 0 Å². The van der Waals surface area contributed by atoms with Crippen LogP contribution in [-0.2, 0) is 4.57 Å². The Bertz CT molecular complexity index is 500. The molecule has 4 nitrogen and oxygen atoms in total. The monoisotopic (exact) mass is 309 g/mol. The summed E-state index contributed by atoms with van der Waals surface area (Å²) in [6.07, 6.45) is 1.91. The quantitative estimate of drug-likeness (QED) is 0.614. The highest BCUT2D eigenvalue weighted by molar-refractivity contribution is 7.56. The fraction of sp³-hybridized carbons (Fsp3) is 0.500. The fourth-order valence-corrected chi connectivity index (χ4v) is 4.19. The standard InChI is InChI=1S/C16H28N3OP/c1-8-16(2,3)15(14-12-10-9-11-13-14)17-21(20,18(4)5)19(6)7/h8-13,15H,1H2,2-7H3,(H,17,20). The molecule has 21 heavy (non-hydrogen) atoms.